The summed E-state index contributed by atoms with van der Waals surface area (Å²) in [6, 6.07) is 82.1. The monoisotopic (exact) mass is 754 g/mol. The van der Waals surface area contributed by atoms with Crippen LogP contribution in [0.25, 0.3) is 54.9 Å². The maximum Gasteiger partial charge on any atom is 0.137 e. The summed E-state index contributed by atoms with van der Waals surface area (Å²) in [6.45, 7) is 0. The van der Waals surface area contributed by atoms with Gasteiger partial charge in [0.1, 0.15) is 11.5 Å². The quantitative estimate of drug-likeness (QED) is 0.144. The molecule has 0 bridgehead atoms. The van der Waals surface area contributed by atoms with Gasteiger partial charge in [0.05, 0.1) is 0 Å². The van der Waals surface area contributed by atoms with Gasteiger partial charge in [-0.05, 0) is 135 Å². The molecule has 59 heavy (non-hydrogen) atoms. The summed E-state index contributed by atoms with van der Waals surface area (Å²) >= 11 is 0. The first kappa shape index (κ1) is 34.4. The van der Waals surface area contributed by atoms with Gasteiger partial charge in [-0.15, -0.1) is 0 Å². The lowest BCUT2D eigenvalue weighted by molar-refractivity contribution is 0.487. The van der Waals surface area contributed by atoms with E-state index in [1.54, 1.807) is 0 Å². The third kappa shape index (κ3) is 6.26. The zero-order valence-electron chi connectivity index (χ0n) is 32.2. The van der Waals surface area contributed by atoms with Crippen LogP contribution in [-0.4, -0.2) is 0 Å². The van der Waals surface area contributed by atoms with E-state index in [9.17, 15) is 0 Å². The molecule has 0 fully saturated rings. The molecular formula is C56H38N2O. The third-order valence-electron chi connectivity index (χ3n) is 11.4. The van der Waals surface area contributed by atoms with Gasteiger partial charge < -0.3 is 14.5 Å². The summed E-state index contributed by atoms with van der Waals surface area (Å²) in [7, 11) is 0. The summed E-state index contributed by atoms with van der Waals surface area (Å²) in [5, 5.41) is 4.74. The largest absolute Gasteiger partial charge is 0.456 e. The lowest BCUT2D eigenvalue weighted by Gasteiger charge is -2.28. The average molecular weight is 755 g/mol. The standard InChI is InChI=1S/C56H38N2O/c1-5-14-39(15-6-1)40-26-30-48(31-27-40)58(46-20-11-4-12-21-46)49-34-35-50-53-37-43-25-24-42(36-52(43)51-22-13-23-54(56(51)53)59-55(50)38-49)41-28-32-47(33-29-41)57(44-16-7-2-8-17-44)45-18-9-3-10-19-45/h1-38H. The molecule has 1 aliphatic heterocycles. The van der Waals surface area contributed by atoms with Crippen molar-refractivity contribution in [3.63, 3.8) is 0 Å². The topological polar surface area (TPSA) is 15.7 Å². The first-order valence-corrected chi connectivity index (χ1v) is 20.1. The van der Waals surface area contributed by atoms with E-state index in [1.165, 1.54) is 44.0 Å². The van der Waals surface area contributed by atoms with Crippen molar-refractivity contribution in [2.45, 2.75) is 0 Å². The number of nitrogens with zero attached hydrogens (tertiary/aromatic N) is 2. The smallest absolute Gasteiger partial charge is 0.137 e. The molecule has 0 atom stereocenters. The molecule has 11 rings (SSSR count). The maximum atomic E-state index is 6.83. The van der Waals surface area contributed by atoms with Crippen LogP contribution in [0, 0.1) is 0 Å². The van der Waals surface area contributed by atoms with Crippen molar-refractivity contribution >= 4 is 55.7 Å². The second-order valence-electron chi connectivity index (χ2n) is 15.0. The summed E-state index contributed by atoms with van der Waals surface area (Å²) in [6.07, 6.45) is 0. The minimum atomic E-state index is 0.848. The van der Waals surface area contributed by atoms with Crippen LogP contribution < -0.4 is 14.5 Å². The van der Waals surface area contributed by atoms with Crippen molar-refractivity contribution < 1.29 is 4.74 Å². The van der Waals surface area contributed by atoms with Gasteiger partial charge >= 0.3 is 0 Å². The fourth-order valence-corrected chi connectivity index (χ4v) is 8.59. The van der Waals surface area contributed by atoms with Gasteiger partial charge in [0.15, 0.2) is 0 Å². The molecular weight excluding hydrogens is 717 g/mol. The highest BCUT2D eigenvalue weighted by Crippen LogP contribution is 2.51. The molecule has 0 saturated heterocycles. The second-order valence-corrected chi connectivity index (χ2v) is 15.0. The number of hydrogen-bond acceptors (Lipinski definition) is 3. The molecule has 3 heteroatoms. The van der Waals surface area contributed by atoms with E-state index in [0.717, 1.165) is 56.6 Å². The summed E-state index contributed by atoms with van der Waals surface area (Å²) < 4.78 is 6.83. The van der Waals surface area contributed by atoms with Crippen LogP contribution >= 0.6 is 0 Å². The van der Waals surface area contributed by atoms with E-state index in [2.05, 4.69) is 240 Å². The van der Waals surface area contributed by atoms with E-state index >= 15 is 0 Å². The van der Waals surface area contributed by atoms with Gasteiger partial charge in [-0.2, -0.15) is 0 Å². The maximum absolute atomic E-state index is 6.83. The highest BCUT2D eigenvalue weighted by atomic mass is 16.5. The predicted octanol–water partition coefficient (Wildman–Crippen LogP) is 16.0. The van der Waals surface area contributed by atoms with Gasteiger partial charge in [-0.3, -0.25) is 0 Å². The lowest BCUT2D eigenvalue weighted by Crippen LogP contribution is -2.10. The van der Waals surface area contributed by atoms with Crippen LogP contribution in [0.1, 0.15) is 0 Å². The zero-order valence-corrected chi connectivity index (χ0v) is 32.2. The number of anilines is 6. The molecule has 0 unspecified atom stereocenters. The number of hydrogen-bond donors (Lipinski definition) is 0. The number of benzene rings is 10. The van der Waals surface area contributed by atoms with Crippen LogP contribution in [0.15, 0.2) is 231 Å². The number of para-hydroxylation sites is 3. The molecule has 278 valence electrons. The Bertz CT molecular complexity index is 3050. The third-order valence-corrected chi connectivity index (χ3v) is 11.4. The van der Waals surface area contributed by atoms with Gasteiger partial charge in [0.2, 0.25) is 0 Å². The molecule has 0 radical (unpaired) electrons. The Morgan fingerprint density at radius 2 is 0.746 bits per heavy atom. The molecule has 10 aromatic carbocycles. The van der Waals surface area contributed by atoms with Crippen LogP contribution in [0.3, 0.4) is 0 Å². The van der Waals surface area contributed by atoms with Crippen LogP contribution in [0.2, 0.25) is 0 Å². The van der Waals surface area contributed by atoms with E-state index < -0.39 is 0 Å². The first-order valence-electron chi connectivity index (χ1n) is 20.1. The Morgan fingerprint density at radius 1 is 0.271 bits per heavy atom. The molecule has 3 nitrogen and oxygen atoms in total. The van der Waals surface area contributed by atoms with Crippen LogP contribution in [0.5, 0.6) is 11.5 Å². The van der Waals surface area contributed by atoms with Crippen molar-refractivity contribution in [3.05, 3.63) is 231 Å². The zero-order chi connectivity index (χ0) is 39.1. The number of fused-ring (bicyclic) bond motifs is 4. The fraction of sp³-hybridized carbons (Fsp3) is 0. The molecule has 0 saturated carbocycles. The molecule has 10 aromatic rings. The van der Waals surface area contributed by atoms with Gasteiger partial charge in [-0.1, -0.05) is 133 Å². The Balaban J connectivity index is 0.956. The Labute approximate surface area is 344 Å². The van der Waals surface area contributed by atoms with Crippen molar-refractivity contribution in [2.24, 2.45) is 0 Å². The van der Waals surface area contributed by atoms with E-state index in [4.69, 9.17) is 4.74 Å². The van der Waals surface area contributed by atoms with Crippen molar-refractivity contribution in [2.75, 3.05) is 9.80 Å². The van der Waals surface area contributed by atoms with E-state index in [0.29, 0.717) is 0 Å². The Morgan fingerprint density at radius 3 is 1.34 bits per heavy atom. The lowest BCUT2D eigenvalue weighted by atomic mass is 9.89. The highest BCUT2D eigenvalue weighted by molar-refractivity contribution is 6.18. The molecule has 0 spiro atoms. The van der Waals surface area contributed by atoms with Gasteiger partial charge in [0.25, 0.3) is 0 Å². The number of rotatable bonds is 8. The van der Waals surface area contributed by atoms with Crippen molar-refractivity contribution in [3.8, 4) is 44.9 Å². The molecule has 0 N–H and O–H groups in total. The molecule has 0 amide bonds. The van der Waals surface area contributed by atoms with Crippen LogP contribution in [-0.2, 0) is 0 Å². The van der Waals surface area contributed by atoms with Crippen molar-refractivity contribution in [1.82, 2.24) is 0 Å². The first-order chi connectivity index (χ1) is 29.2. The van der Waals surface area contributed by atoms with Crippen LogP contribution in [0.4, 0.5) is 34.1 Å². The minimum absolute atomic E-state index is 0.848. The minimum Gasteiger partial charge on any atom is -0.456 e. The van der Waals surface area contributed by atoms with Gasteiger partial charge in [0, 0.05) is 51.1 Å². The SMILES string of the molecule is c1ccc(-c2ccc(N(c3ccccc3)c3ccc4c(c3)Oc3cccc5c3c-4cc3ccc(-c4ccc(N(c6ccccc6)c6ccccc6)cc4)cc35)cc2)cc1. The fourth-order valence-electron chi connectivity index (χ4n) is 8.59. The predicted molar refractivity (Wildman–Crippen MR) is 247 cm³/mol. The normalized spacial score (nSPS) is 11.5. The summed E-state index contributed by atoms with van der Waals surface area (Å²) in [5.74, 6) is 1.72. The van der Waals surface area contributed by atoms with Gasteiger partial charge in [-0.25, -0.2) is 0 Å². The molecule has 1 heterocycles. The number of ether oxygens (including phenoxy) is 1. The molecule has 1 aliphatic rings. The van der Waals surface area contributed by atoms with Crippen molar-refractivity contribution in [1.29, 1.82) is 0 Å². The Hall–Kier alpha value is -7.88. The highest BCUT2D eigenvalue weighted by Gasteiger charge is 2.24. The van der Waals surface area contributed by atoms with E-state index in [-0.39, 0.29) is 0 Å². The average Bonchev–Trinajstić information content (AvgIpc) is 3.31. The Kier molecular flexibility index (Phi) is 8.49. The van der Waals surface area contributed by atoms with E-state index in [1.807, 2.05) is 0 Å². The molecule has 0 aliphatic carbocycles. The summed E-state index contributed by atoms with van der Waals surface area (Å²) in [5.41, 5.74) is 13.6. The summed E-state index contributed by atoms with van der Waals surface area (Å²) in [4.78, 5) is 4.59. The second kappa shape index (κ2) is 14.6. The molecule has 0 aromatic heterocycles.